The molecular formula is C24H30N4O5S. The molecule has 9 nitrogen and oxygen atoms in total. The molecule has 2 aliphatic rings. The van der Waals surface area contributed by atoms with Gasteiger partial charge < -0.3 is 19.6 Å². The topological polar surface area (TPSA) is 116 Å². The Balaban J connectivity index is 1.60. The number of likely N-dealkylation sites (N-methyl/N-ethyl adjacent to an activating group) is 1. The summed E-state index contributed by atoms with van der Waals surface area (Å²) < 4.78 is 34.5. The Kier molecular flexibility index (Phi) is 5.99. The molecule has 10 heteroatoms. The first-order valence-corrected chi connectivity index (χ1v) is 13.3. The molecule has 182 valence electrons. The smallest absolute Gasteiger partial charge is 0.340 e. The molecule has 5 rings (SSSR count). The Bertz CT molecular complexity index is 1410. The highest BCUT2D eigenvalue weighted by Crippen LogP contribution is 2.35. The molecule has 1 saturated carbocycles. The standard InChI is InChI=1S/C24H30N4O5S/c1-3-11-33-24(30)19-13-25-22-21(19)18-12-17(8-9-20(18)26-23(22)29)34(31,32)28(15-6-7-15)14-16-5-4-10-27(16)2/h8-9,12-13,15-16,25H,3-7,10-11,14H2,1-2H3,(H,26,29). The number of likely N-dealkylation sites (tertiary alicyclic amines) is 1. The minimum atomic E-state index is -3.76. The zero-order valence-electron chi connectivity index (χ0n) is 19.5. The minimum Gasteiger partial charge on any atom is -0.462 e. The van der Waals surface area contributed by atoms with Crippen molar-refractivity contribution < 1.29 is 17.9 Å². The van der Waals surface area contributed by atoms with Crippen molar-refractivity contribution in [3.63, 3.8) is 0 Å². The van der Waals surface area contributed by atoms with Crippen molar-refractivity contribution in [2.75, 3.05) is 26.7 Å². The molecule has 2 fully saturated rings. The first-order chi connectivity index (χ1) is 16.3. The number of aromatic nitrogens is 2. The van der Waals surface area contributed by atoms with Crippen molar-refractivity contribution in [3.05, 3.63) is 40.3 Å². The number of H-pyrrole nitrogens is 2. The fourth-order valence-corrected chi connectivity index (χ4v) is 6.61. The van der Waals surface area contributed by atoms with E-state index >= 15 is 0 Å². The lowest BCUT2D eigenvalue weighted by Gasteiger charge is -2.28. The molecule has 34 heavy (non-hydrogen) atoms. The molecule has 0 radical (unpaired) electrons. The van der Waals surface area contributed by atoms with Crippen LogP contribution in [0.2, 0.25) is 0 Å². The molecule has 1 aliphatic heterocycles. The monoisotopic (exact) mass is 486 g/mol. The highest BCUT2D eigenvalue weighted by atomic mass is 32.2. The average Bonchev–Trinajstić information content (AvgIpc) is 3.40. The first kappa shape index (κ1) is 23.1. The zero-order valence-corrected chi connectivity index (χ0v) is 20.3. The summed E-state index contributed by atoms with van der Waals surface area (Å²) in [7, 11) is -1.72. The lowest BCUT2D eigenvalue weighted by molar-refractivity contribution is 0.0507. The van der Waals surface area contributed by atoms with E-state index in [9.17, 15) is 18.0 Å². The van der Waals surface area contributed by atoms with E-state index in [0.29, 0.717) is 29.3 Å². The van der Waals surface area contributed by atoms with Crippen molar-refractivity contribution in [1.29, 1.82) is 0 Å². The fraction of sp³-hybridized carbons (Fsp3) is 0.500. The highest BCUT2D eigenvalue weighted by Gasteiger charge is 2.40. The third-order valence-electron chi connectivity index (χ3n) is 6.90. The number of nitrogens with one attached hydrogen (secondary N) is 2. The maximum atomic E-state index is 13.8. The number of esters is 1. The molecule has 3 heterocycles. The van der Waals surface area contributed by atoms with Gasteiger partial charge in [-0.3, -0.25) is 4.79 Å². The van der Waals surface area contributed by atoms with Gasteiger partial charge in [-0.05, 0) is 63.9 Å². The van der Waals surface area contributed by atoms with Crippen molar-refractivity contribution in [3.8, 4) is 0 Å². The van der Waals surface area contributed by atoms with E-state index < -0.39 is 16.0 Å². The number of hydrogen-bond donors (Lipinski definition) is 2. The molecule has 1 saturated heterocycles. The SMILES string of the molecule is CCCOC(=O)c1c[nH]c2c(=O)[nH]c3ccc(S(=O)(=O)N(CC4CCCN4C)C4CC4)cc3c12. The van der Waals surface area contributed by atoms with Crippen LogP contribution in [0.25, 0.3) is 21.8 Å². The fourth-order valence-electron chi connectivity index (χ4n) is 4.86. The lowest BCUT2D eigenvalue weighted by Crippen LogP contribution is -2.42. The molecule has 1 atom stereocenters. The van der Waals surface area contributed by atoms with Crippen LogP contribution < -0.4 is 5.56 Å². The molecular weight excluding hydrogens is 456 g/mol. The van der Waals surface area contributed by atoms with E-state index in [-0.39, 0.29) is 40.2 Å². The highest BCUT2D eigenvalue weighted by molar-refractivity contribution is 7.89. The van der Waals surface area contributed by atoms with E-state index in [1.807, 2.05) is 14.0 Å². The average molecular weight is 487 g/mol. The van der Waals surface area contributed by atoms with Crippen LogP contribution in [0.5, 0.6) is 0 Å². The van der Waals surface area contributed by atoms with Gasteiger partial charge in [0, 0.05) is 41.1 Å². The van der Waals surface area contributed by atoms with Crippen molar-refractivity contribution in [2.45, 2.75) is 56.0 Å². The van der Waals surface area contributed by atoms with E-state index in [4.69, 9.17) is 4.74 Å². The number of nitrogens with zero attached hydrogens (tertiary/aromatic N) is 2. The van der Waals surface area contributed by atoms with Crippen LogP contribution in [-0.2, 0) is 14.8 Å². The summed E-state index contributed by atoms with van der Waals surface area (Å²) in [4.78, 5) is 33.3. The molecule has 1 aromatic carbocycles. The summed E-state index contributed by atoms with van der Waals surface area (Å²) in [5, 5.41) is 0.875. The number of aromatic amines is 2. The van der Waals surface area contributed by atoms with Gasteiger partial charge in [0.2, 0.25) is 10.0 Å². The van der Waals surface area contributed by atoms with Crippen molar-refractivity contribution >= 4 is 37.8 Å². The lowest BCUT2D eigenvalue weighted by atomic mass is 10.1. The largest absolute Gasteiger partial charge is 0.462 e. The minimum absolute atomic E-state index is 0.0251. The van der Waals surface area contributed by atoms with Gasteiger partial charge in [-0.2, -0.15) is 4.31 Å². The number of hydrogen-bond acceptors (Lipinski definition) is 6. The number of carbonyl (C=O) groups excluding carboxylic acids is 1. The van der Waals surface area contributed by atoms with Crippen LogP contribution in [0.15, 0.2) is 34.1 Å². The van der Waals surface area contributed by atoms with Crippen molar-refractivity contribution in [1.82, 2.24) is 19.2 Å². The molecule has 0 spiro atoms. The predicted molar refractivity (Wildman–Crippen MR) is 130 cm³/mol. The van der Waals surface area contributed by atoms with Crippen LogP contribution in [0.1, 0.15) is 49.4 Å². The molecule has 0 amide bonds. The normalized spacial score (nSPS) is 19.4. The van der Waals surface area contributed by atoms with Crippen LogP contribution >= 0.6 is 0 Å². The van der Waals surface area contributed by atoms with E-state index in [1.54, 1.807) is 16.4 Å². The number of sulfonamides is 1. The first-order valence-electron chi connectivity index (χ1n) is 11.9. The number of pyridine rings is 1. The zero-order chi connectivity index (χ0) is 24.0. The van der Waals surface area contributed by atoms with Crippen LogP contribution in [0.4, 0.5) is 0 Å². The number of rotatable bonds is 8. The molecule has 0 bridgehead atoms. The summed E-state index contributed by atoms with van der Waals surface area (Å²) >= 11 is 0. The van der Waals surface area contributed by atoms with E-state index in [1.165, 1.54) is 12.3 Å². The van der Waals surface area contributed by atoms with Crippen molar-refractivity contribution in [2.24, 2.45) is 0 Å². The van der Waals surface area contributed by atoms with Gasteiger partial charge in [0.1, 0.15) is 5.52 Å². The Morgan fingerprint density at radius 3 is 2.74 bits per heavy atom. The van der Waals surface area contributed by atoms with Gasteiger partial charge in [0.05, 0.1) is 17.1 Å². The van der Waals surface area contributed by atoms with Crippen LogP contribution in [-0.4, -0.2) is 72.4 Å². The second-order valence-corrected chi connectivity index (χ2v) is 11.2. The Morgan fingerprint density at radius 2 is 2.06 bits per heavy atom. The van der Waals surface area contributed by atoms with E-state index in [2.05, 4.69) is 14.9 Å². The molecule has 3 aromatic rings. The van der Waals surface area contributed by atoms with Gasteiger partial charge in [0.25, 0.3) is 5.56 Å². The van der Waals surface area contributed by atoms with Gasteiger partial charge in [-0.15, -0.1) is 0 Å². The molecule has 2 N–H and O–H groups in total. The second kappa shape index (κ2) is 8.83. The number of ether oxygens (including phenoxy) is 1. The number of fused-ring (bicyclic) bond motifs is 3. The Morgan fingerprint density at radius 1 is 1.26 bits per heavy atom. The van der Waals surface area contributed by atoms with Gasteiger partial charge in [-0.1, -0.05) is 6.92 Å². The predicted octanol–water partition coefficient (Wildman–Crippen LogP) is 2.82. The summed E-state index contributed by atoms with van der Waals surface area (Å²) in [6, 6.07) is 4.95. The maximum Gasteiger partial charge on any atom is 0.340 e. The summed E-state index contributed by atoms with van der Waals surface area (Å²) in [5.41, 5.74) is 0.531. The molecule has 1 unspecified atom stereocenters. The Labute approximate surface area is 198 Å². The summed E-state index contributed by atoms with van der Waals surface area (Å²) in [5.74, 6) is -0.544. The molecule has 1 aliphatic carbocycles. The molecule has 2 aromatic heterocycles. The van der Waals surface area contributed by atoms with Gasteiger partial charge >= 0.3 is 5.97 Å². The summed E-state index contributed by atoms with van der Waals surface area (Å²) in [6.07, 6.45) is 5.92. The number of carbonyl (C=O) groups is 1. The third kappa shape index (κ3) is 4.03. The van der Waals surface area contributed by atoms with Crippen LogP contribution in [0, 0.1) is 0 Å². The summed E-state index contributed by atoms with van der Waals surface area (Å²) in [6.45, 7) is 3.61. The van der Waals surface area contributed by atoms with E-state index in [0.717, 1.165) is 32.2 Å². The third-order valence-corrected chi connectivity index (χ3v) is 8.81. The van der Waals surface area contributed by atoms with Gasteiger partial charge in [-0.25, -0.2) is 13.2 Å². The number of benzene rings is 1. The quantitative estimate of drug-likeness (QED) is 0.473. The van der Waals surface area contributed by atoms with Crippen LogP contribution in [0.3, 0.4) is 0 Å². The van der Waals surface area contributed by atoms with Gasteiger partial charge in [0.15, 0.2) is 0 Å². The Hall–Kier alpha value is -2.69. The maximum absolute atomic E-state index is 13.8. The second-order valence-electron chi connectivity index (χ2n) is 9.33.